The van der Waals surface area contributed by atoms with Crippen LogP contribution in [-0.4, -0.2) is 32.3 Å². The number of nitrogens with one attached hydrogen (secondary N) is 1. The van der Waals surface area contributed by atoms with Gasteiger partial charge in [-0.15, -0.1) is 0 Å². The number of benzene rings is 1. The summed E-state index contributed by atoms with van der Waals surface area (Å²) in [5.41, 5.74) is 0.608. The van der Waals surface area contributed by atoms with Crippen LogP contribution in [0.4, 0.5) is 13.2 Å². The highest BCUT2D eigenvalue weighted by molar-refractivity contribution is 5.95. The molecule has 0 fully saturated rings. The van der Waals surface area contributed by atoms with E-state index in [0.717, 1.165) is 23.6 Å². The Morgan fingerprint density at radius 1 is 1.03 bits per heavy atom. The first-order chi connectivity index (χ1) is 17.2. The molecule has 4 aromatic rings. The molecule has 0 spiro atoms. The summed E-state index contributed by atoms with van der Waals surface area (Å²) in [6.07, 6.45) is -0.837. The summed E-state index contributed by atoms with van der Waals surface area (Å²) in [6.45, 7) is 4.31. The van der Waals surface area contributed by atoms with E-state index in [1.165, 1.54) is 16.9 Å². The monoisotopic (exact) mass is 497 g/mol. The minimum absolute atomic E-state index is 0.171. The van der Waals surface area contributed by atoms with Crippen molar-refractivity contribution in [3.05, 3.63) is 89.5 Å². The molecule has 186 valence electrons. The van der Waals surface area contributed by atoms with E-state index in [4.69, 9.17) is 9.47 Å². The summed E-state index contributed by atoms with van der Waals surface area (Å²) >= 11 is 0. The van der Waals surface area contributed by atoms with Crippen LogP contribution < -0.4 is 14.8 Å². The standard InChI is InChI=1S/C25H22F3N5O3/c1-3-35-19-5-7-20(8-6-19)36-23-12-17(10-11-29-23)13-31-24(34)21-15-32-33(16(21)2)22-9-4-18(14-30-22)25(26,27)28/h4-12,14-15H,3,13H2,1-2H3,(H,31,34). The van der Waals surface area contributed by atoms with Gasteiger partial charge < -0.3 is 14.8 Å². The minimum atomic E-state index is -4.48. The lowest BCUT2D eigenvalue weighted by molar-refractivity contribution is -0.137. The molecule has 0 atom stereocenters. The second-order valence-corrected chi connectivity index (χ2v) is 7.65. The van der Waals surface area contributed by atoms with Crippen molar-refractivity contribution in [3.63, 3.8) is 0 Å². The van der Waals surface area contributed by atoms with Crippen LogP contribution in [0.1, 0.15) is 34.1 Å². The molecule has 0 aliphatic heterocycles. The highest BCUT2D eigenvalue weighted by Crippen LogP contribution is 2.29. The first-order valence-corrected chi connectivity index (χ1v) is 11.0. The smallest absolute Gasteiger partial charge is 0.417 e. The molecule has 0 aliphatic rings. The van der Waals surface area contributed by atoms with Gasteiger partial charge in [0.1, 0.15) is 11.5 Å². The number of rotatable bonds is 8. The van der Waals surface area contributed by atoms with E-state index in [9.17, 15) is 18.0 Å². The number of carbonyl (C=O) groups is 1. The fourth-order valence-electron chi connectivity index (χ4n) is 3.33. The third-order valence-corrected chi connectivity index (χ3v) is 5.16. The molecule has 36 heavy (non-hydrogen) atoms. The number of hydrogen-bond acceptors (Lipinski definition) is 6. The van der Waals surface area contributed by atoms with Gasteiger partial charge in [-0.2, -0.15) is 18.3 Å². The molecule has 1 aromatic carbocycles. The van der Waals surface area contributed by atoms with Crippen molar-refractivity contribution >= 4 is 5.91 Å². The fourth-order valence-corrected chi connectivity index (χ4v) is 3.33. The summed E-state index contributed by atoms with van der Waals surface area (Å²) < 4.78 is 50.8. The molecular weight excluding hydrogens is 475 g/mol. The van der Waals surface area contributed by atoms with Gasteiger partial charge in [0.05, 0.1) is 29.6 Å². The van der Waals surface area contributed by atoms with Crippen LogP contribution in [0.15, 0.2) is 67.1 Å². The Hall–Kier alpha value is -4.41. The molecule has 4 rings (SSSR count). The van der Waals surface area contributed by atoms with Crippen molar-refractivity contribution in [3.8, 4) is 23.2 Å². The third-order valence-electron chi connectivity index (χ3n) is 5.16. The topological polar surface area (TPSA) is 91.2 Å². The van der Waals surface area contributed by atoms with Crippen molar-refractivity contribution < 1.29 is 27.4 Å². The normalized spacial score (nSPS) is 11.2. The Bertz CT molecular complexity index is 1340. The first kappa shape index (κ1) is 24.7. The Labute approximate surface area is 204 Å². The van der Waals surface area contributed by atoms with E-state index in [2.05, 4.69) is 20.4 Å². The highest BCUT2D eigenvalue weighted by Gasteiger charge is 2.30. The molecule has 1 amide bonds. The number of halogens is 3. The van der Waals surface area contributed by atoms with E-state index in [1.807, 2.05) is 6.92 Å². The molecule has 0 saturated heterocycles. The van der Waals surface area contributed by atoms with Crippen LogP contribution in [0, 0.1) is 6.92 Å². The summed E-state index contributed by atoms with van der Waals surface area (Å²) in [4.78, 5) is 20.8. The number of nitrogens with zero attached hydrogens (tertiary/aromatic N) is 4. The second kappa shape index (κ2) is 10.5. The van der Waals surface area contributed by atoms with Crippen molar-refractivity contribution in [2.45, 2.75) is 26.6 Å². The van der Waals surface area contributed by atoms with Gasteiger partial charge in [-0.25, -0.2) is 14.6 Å². The lowest BCUT2D eigenvalue weighted by Gasteiger charge is -2.09. The summed E-state index contributed by atoms with van der Waals surface area (Å²) in [5, 5.41) is 6.91. The lowest BCUT2D eigenvalue weighted by atomic mass is 10.2. The zero-order valence-electron chi connectivity index (χ0n) is 19.4. The number of ether oxygens (including phenoxy) is 2. The molecule has 0 unspecified atom stereocenters. The Morgan fingerprint density at radius 3 is 2.44 bits per heavy atom. The van der Waals surface area contributed by atoms with Gasteiger partial charge in [-0.3, -0.25) is 4.79 Å². The van der Waals surface area contributed by atoms with Crippen LogP contribution in [-0.2, 0) is 12.7 Å². The molecule has 0 saturated carbocycles. The average Bonchev–Trinajstić information content (AvgIpc) is 3.25. The molecule has 3 aromatic heterocycles. The van der Waals surface area contributed by atoms with Gasteiger partial charge in [0.25, 0.3) is 5.91 Å². The van der Waals surface area contributed by atoms with Gasteiger partial charge in [0.15, 0.2) is 5.82 Å². The quantitative estimate of drug-likeness (QED) is 0.364. The first-order valence-electron chi connectivity index (χ1n) is 11.0. The van der Waals surface area contributed by atoms with E-state index in [-0.39, 0.29) is 17.9 Å². The number of alkyl halides is 3. The fraction of sp³-hybridized carbons (Fsp3) is 0.200. The van der Waals surface area contributed by atoms with Gasteiger partial charge in [-0.05, 0) is 61.9 Å². The number of hydrogen-bond donors (Lipinski definition) is 1. The van der Waals surface area contributed by atoms with Gasteiger partial charge >= 0.3 is 6.18 Å². The van der Waals surface area contributed by atoms with Crippen LogP contribution in [0.25, 0.3) is 5.82 Å². The van der Waals surface area contributed by atoms with Gasteiger partial charge in [0, 0.05) is 25.0 Å². The largest absolute Gasteiger partial charge is 0.494 e. The van der Waals surface area contributed by atoms with Crippen LogP contribution in [0.5, 0.6) is 17.4 Å². The van der Waals surface area contributed by atoms with Crippen LogP contribution >= 0.6 is 0 Å². The van der Waals surface area contributed by atoms with E-state index >= 15 is 0 Å². The maximum Gasteiger partial charge on any atom is 0.417 e. The second-order valence-electron chi connectivity index (χ2n) is 7.65. The molecule has 0 bridgehead atoms. The summed E-state index contributed by atoms with van der Waals surface area (Å²) in [7, 11) is 0. The van der Waals surface area contributed by atoms with Gasteiger partial charge in [-0.1, -0.05) is 0 Å². The predicted molar refractivity (Wildman–Crippen MR) is 124 cm³/mol. The van der Waals surface area contributed by atoms with Gasteiger partial charge in [0.2, 0.25) is 5.88 Å². The maximum absolute atomic E-state index is 12.8. The molecule has 8 nitrogen and oxygen atoms in total. The van der Waals surface area contributed by atoms with Crippen molar-refractivity contribution in [1.29, 1.82) is 0 Å². The number of aromatic nitrogens is 4. The molecule has 11 heteroatoms. The maximum atomic E-state index is 12.8. The summed E-state index contributed by atoms with van der Waals surface area (Å²) in [6, 6.07) is 12.7. The highest BCUT2D eigenvalue weighted by atomic mass is 19.4. The molecule has 3 heterocycles. The third kappa shape index (κ3) is 5.80. The van der Waals surface area contributed by atoms with Crippen molar-refractivity contribution in [2.24, 2.45) is 0 Å². The van der Waals surface area contributed by atoms with Crippen molar-refractivity contribution in [1.82, 2.24) is 25.1 Å². The number of amides is 1. The molecular formula is C25H22F3N5O3. The van der Waals surface area contributed by atoms with E-state index in [1.54, 1.807) is 49.5 Å². The average molecular weight is 497 g/mol. The molecule has 0 radical (unpaired) electrons. The Morgan fingerprint density at radius 2 is 1.78 bits per heavy atom. The zero-order chi connectivity index (χ0) is 25.7. The molecule has 1 N–H and O–H groups in total. The Kier molecular flexibility index (Phi) is 7.18. The zero-order valence-corrected chi connectivity index (χ0v) is 19.4. The molecule has 0 aliphatic carbocycles. The Balaban J connectivity index is 1.39. The SMILES string of the molecule is CCOc1ccc(Oc2cc(CNC(=O)c3cnn(-c4ccc(C(F)(F)F)cn4)c3C)ccn2)cc1. The number of carbonyl (C=O) groups excluding carboxylic acids is 1. The van der Waals surface area contributed by atoms with Crippen molar-refractivity contribution in [2.75, 3.05) is 6.61 Å². The van der Waals surface area contributed by atoms with E-state index < -0.39 is 17.6 Å². The number of pyridine rings is 2. The lowest BCUT2D eigenvalue weighted by Crippen LogP contribution is -2.23. The predicted octanol–water partition coefficient (Wildman–Crippen LogP) is 5.11. The summed E-state index contributed by atoms with van der Waals surface area (Å²) in [5.74, 6) is 1.47. The minimum Gasteiger partial charge on any atom is -0.494 e. The van der Waals surface area contributed by atoms with Crippen LogP contribution in [0.3, 0.4) is 0 Å². The van der Waals surface area contributed by atoms with Crippen LogP contribution in [0.2, 0.25) is 0 Å². The van der Waals surface area contributed by atoms with E-state index in [0.29, 0.717) is 23.9 Å².